The SMILES string of the molecule is C[C@@H]1[C@H](NC(=O)/C(=N\OCc2cc3cc(O)c(O)cc3cc2C(=O)O)c2csc(N)n2)C(=O)N1S(=O)(=O)O. The summed E-state index contributed by atoms with van der Waals surface area (Å²) in [7, 11) is -4.81. The van der Waals surface area contributed by atoms with Crippen LogP contribution < -0.4 is 11.1 Å². The van der Waals surface area contributed by atoms with E-state index in [0.29, 0.717) is 10.8 Å². The fraction of sp³-hybridized carbons (Fsp3) is 0.190. The number of β-lactam (4-membered cyclic amide) rings is 1. The maximum Gasteiger partial charge on any atom is 0.362 e. The van der Waals surface area contributed by atoms with Crippen LogP contribution in [-0.2, 0) is 31.3 Å². The highest BCUT2D eigenvalue weighted by Gasteiger charge is 2.51. The molecule has 1 aromatic heterocycles. The number of oxime groups is 1. The number of carboxylic acids is 1. The third kappa shape index (κ3) is 5.01. The first-order chi connectivity index (χ1) is 17.8. The van der Waals surface area contributed by atoms with Gasteiger partial charge in [0, 0.05) is 10.9 Å². The normalized spacial score (nSPS) is 17.8. The number of anilines is 1. The number of nitrogens with one attached hydrogen (secondary N) is 1. The number of nitrogens with two attached hydrogens (primary N) is 1. The summed E-state index contributed by atoms with van der Waals surface area (Å²) in [5.74, 6) is -4.21. The third-order valence-electron chi connectivity index (χ3n) is 5.61. The molecular weight excluding hydrogens is 546 g/mol. The molecule has 1 aliphatic rings. The van der Waals surface area contributed by atoms with Crippen molar-refractivity contribution in [1.82, 2.24) is 14.6 Å². The summed E-state index contributed by atoms with van der Waals surface area (Å²) < 4.78 is 31.9. The van der Waals surface area contributed by atoms with Crippen LogP contribution in [0, 0.1) is 0 Å². The first kappa shape index (κ1) is 26.6. The van der Waals surface area contributed by atoms with E-state index < -0.39 is 64.0 Å². The van der Waals surface area contributed by atoms with Crippen molar-refractivity contribution in [3.8, 4) is 11.5 Å². The molecule has 15 nitrogen and oxygen atoms in total. The number of aromatic carboxylic acids is 1. The van der Waals surface area contributed by atoms with E-state index in [1.807, 2.05) is 0 Å². The van der Waals surface area contributed by atoms with E-state index >= 15 is 0 Å². The van der Waals surface area contributed by atoms with Crippen LogP contribution in [0.4, 0.5) is 5.13 Å². The lowest BCUT2D eigenvalue weighted by Gasteiger charge is -2.42. The van der Waals surface area contributed by atoms with E-state index in [-0.39, 0.29) is 26.3 Å². The van der Waals surface area contributed by atoms with Gasteiger partial charge in [0.1, 0.15) is 18.3 Å². The number of hydrogen-bond donors (Lipinski definition) is 6. The molecule has 2 heterocycles. The Morgan fingerprint density at radius 1 is 1.21 bits per heavy atom. The number of amides is 2. The Morgan fingerprint density at radius 2 is 1.84 bits per heavy atom. The number of benzene rings is 2. The molecule has 1 aliphatic heterocycles. The predicted octanol–water partition coefficient (Wildman–Crippen LogP) is 0.427. The molecule has 0 bridgehead atoms. The number of nitrogens with zero attached hydrogens (tertiary/aromatic N) is 3. The van der Waals surface area contributed by atoms with Gasteiger partial charge in [-0.25, -0.2) is 14.1 Å². The predicted molar refractivity (Wildman–Crippen MR) is 132 cm³/mol. The van der Waals surface area contributed by atoms with E-state index in [4.69, 9.17) is 15.1 Å². The second-order valence-electron chi connectivity index (χ2n) is 8.09. The molecule has 0 radical (unpaired) electrons. The Labute approximate surface area is 217 Å². The molecule has 2 aromatic carbocycles. The van der Waals surface area contributed by atoms with Crippen LogP contribution in [0.5, 0.6) is 11.5 Å². The zero-order chi connectivity index (χ0) is 27.9. The van der Waals surface area contributed by atoms with Crippen molar-refractivity contribution in [2.45, 2.75) is 25.6 Å². The van der Waals surface area contributed by atoms with Crippen LogP contribution >= 0.6 is 11.3 Å². The third-order valence-corrected chi connectivity index (χ3v) is 7.30. The minimum absolute atomic E-state index is 0.0339. The molecule has 4 rings (SSSR count). The molecule has 38 heavy (non-hydrogen) atoms. The van der Waals surface area contributed by atoms with Crippen molar-refractivity contribution >= 4 is 61.0 Å². The van der Waals surface area contributed by atoms with Crippen LogP contribution in [0.1, 0.15) is 28.5 Å². The largest absolute Gasteiger partial charge is 0.504 e. The second kappa shape index (κ2) is 9.77. The fourth-order valence-corrected chi connectivity index (χ4v) is 5.20. The van der Waals surface area contributed by atoms with Crippen LogP contribution in [0.15, 0.2) is 34.8 Å². The van der Waals surface area contributed by atoms with Crippen molar-refractivity contribution in [2.75, 3.05) is 5.73 Å². The fourth-order valence-electron chi connectivity index (χ4n) is 3.77. The molecule has 2 amide bonds. The van der Waals surface area contributed by atoms with Crippen molar-refractivity contribution in [1.29, 1.82) is 0 Å². The monoisotopic (exact) mass is 565 g/mol. The minimum Gasteiger partial charge on any atom is -0.504 e. The van der Waals surface area contributed by atoms with Gasteiger partial charge in [-0.1, -0.05) is 5.16 Å². The van der Waals surface area contributed by atoms with Crippen LogP contribution in [0.3, 0.4) is 0 Å². The molecular formula is C21H19N5O10S2. The van der Waals surface area contributed by atoms with Gasteiger partial charge in [-0.05, 0) is 42.0 Å². The lowest BCUT2D eigenvalue weighted by atomic mass is 10.0. The number of rotatable bonds is 8. The smallest absolute Gasteiger partial charge is 0.362 e. The van der Waals surface area contributed by atoms with E-state index in [1.165, 1.54) is 36.6 Å². The molecule has 2 atom stereocenters. The molecule has 7 N–H and O–H groups in total. The highest BCUT2D eigenvalue weighted by molar-refractivity contribution is 7.84. The summed E-state index contributed by atoms with van der Waals surface area (Å²) >= 11 is 0.975. The van der Waals surface area contributed by atoms with Crippen LogP contribution in [0.2, 0.25) is 0 Å². The molecule has 0 spiro atoms. The van der Waals surface area contributed by atoms with Crippen molar-refractivity contribution in [2.24, 2.45) is 5.16 Å². The van der Waals surface area contributed by atoms with Gasteiger partial charge in [-0.3, -0.25) is 14.1 Å². The van der Waals surface area contributed by atoms with Gasteiger partial charge >= 0.3 is 16.3 Å². The van der Waals surface area contributed by atoms with Gasteiger partial charge in [0.25, 0.3) is 11.8 Å². The zero-order valence-electron chi connectivity index (χ0n) is 19.2. The number of nitrogen functional groups attached to an aromatic ring is 1. The molecule has 0 aliphatic carbocycles. The minimum atomic E-state index is -4.81. The number of fused-ring (bicyclic) bond motifs is 1. The van der Waals surface area contributed by atoms with E-state index in [0.717, 1.165) is 11.3 Å². The van der Waals surface area contributed by atoms with E-state index in [9.17, 15) is 38.1 Å². The summed E-state index contributed by atoms with van der Waals surface area (Å²) in [4.78, 5) is 46.1. The number of hydrogen-bond acceptors (Lipinski definition) is 12. The quantitative estimate of drug-likeness (QED) is 0.0716. The van der Waals surface area contributed by atoms with Gasteiger partial charge in [-0.2, -0.15) is 8.42 Å². The van der Waals surface area contributed by atoms with Gasteiger partial charge in [0.2, 0.25) is 0 Å². The lowest BCUT2D eigenvalue weighted by Crippen LogP contribution is -2.71. The highest BCUT2D eigenvalue weighted by Crippen LogP contribution is 2.32. The average molecular weight is 566 g/mol. The summed E-state index contributed by atoms with van der Waals surface area (Å²) in [6.45, 7) is 0.837. The first-order valence-corrected chi connectivity index (χ1v) is 12.8. The molecule has 3 aromatic rings. The number of aromatic hydroxyl groups is 2. The maximum atomic E-state index is 12.9. The summed E-state index contributed by atoms with van der Waals surface area (Å²) in [6.07, 6.45) is 0. The standard InChI is InChI=1S/C21H19N5O10S2/c1-8-16(19(30)26(8)38(33,34)35)24-18(29)17(13-7-37-21(22)23-13)25-36-6-11-2-9-4-14(27)15(28)5-10(9)3-12(11)20(31)32/h2-5,7-8,16,27-28H,6H2,1H3,(H2,22,23)(H,24,29)(H,31,32)(H,33,34,35)/b25-17-/t8-,16+/m1/s1. The number of aromatic nitrogens is 1. The topological polar surface area (TPSA) is 242 Å². The van der Waals surface area contributed by atoms with Crippen molar-refractivity contribution in [3.05, 3.63) is 46.5 Å². The second-order valence-corrected chi connectivity index (χ2v) is 10.3. The Balaban J connectivity index is 1.60. The van der Waals surface area contributed by atoms with Crippen LogP contribution in [-0.4, -0.2) is 73.2 Å². The molecule has 17 heteroatoms. The van der Waals surface area contributed by atoms with Gasteiger partial charge < -0.3 is 31.2 Å². The Bertz CT molecular complexity index is 1620. The molecule has 0 saturated carbocycles. The molecule has 1 fully saturated rings. The molecule has 200 valence electrons. The number of phenols is 2. The average Bonchev–Trinajstić information content (AvgIpc) is 3.25. The Hall–Kier alpha value is -4.48. The van der Waals surface area contributed by atoms with Crippen LogP contribution in [0.25, 0.3) is 10.8 Å². The number of carbonyl (C=O) groups excluding carboxylic acids is 2. The first-order valence-electron chi connectivity index (χ1n) is 10.5. The molecule has 0 unspecified atom stereocenters. The molecule has 1 saturated heterocycles. The highest BCUT2D eigenvalue weighted by atomic mass is 32.2. The maximum absolute atomic E-state index is 12.9. The number of thiazole rings is 1. The number of carbonyl (C=O) groups is 3. The Kier molecular flexibility index (Phi) is 6.83. The van der Waals surface area contributed by atoms with Gasteiger partial charge in [0.05, 0.1) is 11.6 Å². The van der Waals surface area contributed by atoms with Crippen molar-refractivity contribution in [3.63, 3.8) is 0 Å². The Morgan fingerprint density at radius 3 is 2.37 bits per heavy atom. The summed E-state index contributed by atoms with van der Waals surface area (Å²) in [5, 5.41) is 37.3. The van der Waals surface area contributed by atoms with E-state index in [1.54, 1.807) is 0 Å². The van der Waals surface area contributed by atoms with E-state index in [2.05, 4.69) is 15.5 Å². The number of phenolic OH excluding ortho intramolecular Hbond substituents is 2. The number of carboxylic acid groups (broad SMARTS) is 1. The van der Waals surface area contributed by atoms with Crippen molar-refractivity contribution < 1.29 is 47.5 Å². The summed E-state index contributed by atoms with van der Waals surface area (Å²) in [5.41, 5.74) is 5.08. The lowest BCUT2D eigenvalue weighted by molar-refractivity contribution is -0.143. The van der Waals surface area contributed by atoms with Gasteiger partial charge in [-0.15, -0.1) is 11.3 Å². The summed E-state index contributed by atoms with van der Waals surface area (Å²) in [6, 6.07) is 2.70. The van der Waals surface area contributed by atoms with Gasteiger partial charge in [0.15, 0.2) is 22.3 Å². The zero-order valence-corrected chi connectivity index (χ0v) is 20.9.